The molecule has 0 spiro atoms. The Labute approximate surface area is 117 Å². The van der Waals surface area contributed by atoms with E-state index in [0.717, 1.165) is 17.1 Å². The van der Waals surface area contributed by atoms with Crippen molar-refractivity contribution in [3.8, 4) is 5.95 Å². The molecule has 0 aromatic carbocycles. The van der Waals surface area contributed by atoms with Crippen molar-refractivity contribution in [3.63, 3.8) is 0 Å². The quantitative estimate of drug-likeness (QED) is 0.842. The number of halogens is 1. The molecule has 1 aliphatic rings. The molecular formula is C14H17ClN4. The molecule has 0 saturated heterocycles. The molecule has 0 amide bonds. The van der Waals surface area contributed by atoms with E-state index in [4.69, 9.17) is 11.6 Å². The lowest BCUT2D eigenvalue weighted by Crippen LogP contribution is -2.06. The fourth-order valence-corrected chi connectivity index (χ4v) is 2.96. The van der Waals surface area contributed by atoms with E-state index in [-0.39, 0.29) is 0 Å². The molecule has 4 nitrogen and oxygen atoms in total. The van der Waals surface area contributed by atoms with Gasteiger partial charge in [-0.15, -0.1) is 0 Å². The van der Waals surface area contributed by atoms with Crippen LogP contribution in [-0.2, 0) is 0 Å². The van der Waals surface area contributed by atoms with Gasteiger partial charge in [0.25, 0.3) is 5.95 Å². The first-order valence-corrected chi connectivity index (χ1v) is 7.09. The Bertz CT molecular complexity index is 579. The van der Waals surface area contributed by atoms with Gasteiger partial charge in [0.05, 0.1) is 5.69 Å². The summed E-state index contributed by atoms with van der Waals surface area (Å²) in [5.74, 6) is 1.11. The van der Waals surface area contributed by atoms with Crippen molar-refractivity contribution in [1.29, 1.82) is 0 Å². The molecule has 2 aromatic heterocycles. The molecule has 1 saturated carbocycles. The van der Waals surface area contributed by atoms with E-state index in [2.05, 4.69) is 15.1 Å². The van der Waals surface area contributed by atoms with Gasteiger partial charge in [-0.25, -0.2) is 9.97 Å². The van der Waals surface area contributed by atoms with Crippen molar-refractivity contribution in [3.05, 3.63) is 34.4 Å². The number of aromatic nitrogens is 4. The molecule has 3 rings (SSSR count). The van der Waals surface area contributed by atoms with Gasteiger partial charge in [-0.05, 0) is 38.8 Å². The van der Waals surface area contributed by atoms with Gasteiger partial charge in [0.15, 0.2) is 0 Å². The molecule has 2 heterocycles. The monoisotopic (exact) mass is 276 g/mol. The van der Waals surface area contributed by atoms with Crippen LogP contribution in [0.15, 0.2) is 12.1 Å². The highest BCUT2D eigenvalue weighted by Gasteiger charge is 2.22. The van der Waals surface area contributed by atoms with Gasteiger partial charge >= 0.3 is 0 Å². The van der Waals surface area contributed by atoms with Crippen LogP contribution in [0.3, 0.4) is 0 Å². The van der Waals surface area contributed by atoms with Crippen LogP contribution in [0, 0.1) is 13.8 Å². The van der Waals surface area contributed by atoms with E-state index < -0.39 is 0 Å². The van der Waals surface area contributed by atoms with Crippen LogP contribution in [0.25, 0.3) is 5.95 Å². The third kappa shape index (κ3) is 2.50. The fraction of sp³-hybridized carbons (Fsp3) is 0.500. The van der Waals surface area contributed by atoms with E-state index in [0.29, 0.717) is 17.0 Å². The third-order valence-electron chi connectivity index (χ3n) is 3.62. The fourth-order valence-electron chi connectivity index (χ4n) is 2.74. The van der Waals surface area contributed by atoms with Crippen LogP contribution < -0.4 is 0 Å². The lowest BCUT2D eigenvalue weighted by atomic mass is 10.1. The number of aryl methyl sites for hydroxylation is 2. The molecule has 1 aliphatic carbocycles. The molecule has 5 heteroatoms. The van der Waals surface area contributed by atoms with Crippen molar-refractivity contribution in [2.75, 3.05) is 0 Å². The van der Waals surface area contributed by atoms with Crippen molar-refractivity contribution in [2.45, 2.75) is 45.4 Å². The van der Waals surface area contributed by atoms with Gasteiger partial charge in [-0.3, -0.25) is 0 Å². The summed E-state index contributed by atoms with van der Waals surface area (Å²) in [7, 11) is 0. The highest BCUT2D eigenvalue weighted by Crippen LogP contribution is 2.34. The number of nitrogens with zero attached hydrogens (tertiary/aromatic N) is 4. The van der Waals surface area contributed by atoms with Crippen molar-refractivity contribution in [1.82, 2.24) is 19.7 Å². The topological polar surface area (TPSA) is 43.6 Å². The molecular weight excluding hydrogens is 260 g/mol. The summed E-state index contributed by atoms with van der Waals surface area (Å²) in [6, 6.07) is 3.90. The second-order valence-electron chi connectivity index (χ2n) is 5.24. The molecule has 0 N–H and O–H groups in total. The minimum absolute atomic E-state index is 0.546. The predicted molar refractivity (Wildman–Crippen MR) is 74.8 cm³/mol. The molecule has 2 aromatic rings. The standard InChI is InChI=1S/C14H17ClN4/c1-9-7-10(2)17-14(16-9)19-13(15)8-12(18-19)11-5-3-4-6-11/h7-8,11H,3-6H2,1-2H3. The lowest BCUT2D eigenvalue weighted by molar-refractivity contribution is 0.670. The number of hydrogen-bond donors (Lipinski definition) is 0. The average molecular weight is 277 g/mol. The third-order valence-corrected chi connectivity index (χ3v) is 3.89. The van der Waals surface area contributed by atoms with Crippen molar-refractivity contribution >= 4 is 11.6 Å². The molecule has 0 aliphatic heterocycles. The Morgan fingerprint density at radius 2 is 1.74 bits per heavy atom. The van der Waals surface area contributed by atoms with Crippen LogP contribution in [0.2, 0.25) is 5.15 Å². The van der Waals surface area contributed by atoms with Gasteiger partial charge in [0.2, 0.25) is 0 Å². The second kappa shape index (κ2) is 4.93. The Balaban J connectivity index is 2.00. The Morgan fingerprint density at radius 3 is 2.37 bits per heavy atom. The maximum Gasteiger partial charge on any atom is 0.252 e. The SMILES string of the molecule is Cc1cc(C)nc(-n2nc(C3CCCC3)cc2Cl)n1. The Hall–Kier alpha value is -1.42. The molecule has 19 heavy (non-hydrogen) atoms. The summed E-state index contributed by atoms with van der Waals surface area (Å²) >= 11 is 6.28. The Morgan fingerprint density at radius 1 is 1.11 bits per heavy atom. The zero-order chi connectivity index (χ0) is 13.4. The first-order valence-electron chi connectivity index (χ1n) is 6.71. The second-order valence-corrected chi connectivity index (χ2v) is 5.62. The molecule has 100 valence electrons. The van der Waals surface area contributed by atoms with Crippen LogP contribution >= 0.6 is 11.6 Å². The highest BCUT2D eigenvalue weighted by molar-refractivity contribution is 6.29. The molecule has 0 radical (unpaired) electrons. The summed E-state index contributed by atoms with van der Waals surface area (Å²) in [5, 5.41) is 5.19. The van der Waals surface area contributed by atoms with Gasteiger partial charge in [0, 0.05) is 17.3 Å². The van der Waals surface area contributed by atoms with E-state index in [1.807, 2.05) is 26.0 Å². The minimum Gasteiger partial charge on any atom is -0.216 e. The molecule has 0 unspecified atom stereocenters. The van der Waals surface area contributed by atoms with E-state index in [1.54, 1.807) is 4.68 Å². The summed E-state index contributed by atoms with van der Waals surface area (Å²) < 4.78 is 1.65. The lowest BCUT2D eigenvalue weighted by Gasteiger charge is -2.05. The summed E-state index contributed by atoms with van der Waals surface area (Å²) in [4.78, 5) is 8.82. The summed E-state index contributed by atoms with van der Waals surface area (Å²) in [6.45, 7) is 3.90. The van der Waals surface area contributed by atoms with Gasteiger partial charge in [-0.2, -0.15) is 9.78 Å². The van der Waals surface area contributed by atoms with Gasteiger partial charge < -0.3 is 0 Å². The summed E-state index contributed by atoms with van der Waals surface area (Å²) in [5.41, 5.74) is 2.93. The smallest absolute Gasteiger partial charge is 0.216 e. The van der Waals surface area contributed by atoms with Gasteiger partial charge in [0.1, 0.15) is 5.15 Å². The van der Waals surface area contributed by atoms with Crippen LogP contribution in [0.4, 0.5) is 0 Å². The molecule has 1 fully saturated rings. The normalized spacial score (nSPS) is 16.2. The molecule has 0 bridgehead atoms. The average Bonchev–Trinajstić information content (AvgIpc) is 2.95. The minimum atomic E-state index is 0.546. The Kier molecular flexibility index (Phi) is 3.27. The largest absolute Gasteiger partial charge is 0.252 e. The highest BCUT2D eigenvalue weighted by atomic mass is 35.5. The number of rotatable bonds is 2. The predicted octanol–water partition coefficient (Wildman–Crippen LogP) is 3.59. The maximum atomic E-state index is 6.28. The van der Waals surface area contributed by atoms with E-state index in [1.165, 1.54) is 25.7 Å². The zero-order valence-electron chi connectivity index (χ0n) is 11.2. The van der Waals surface area contributed by atoms with E-state index in [9.17, 15) is 0 Å². The van der Waals surface area contributed by atoms with Crippen molar-refractivity contribution in [2.24, 2.45) is 0 Å². The number of hydrogen-bond acceptors (Lipinski definition) is 3. The van der Waals surface area contributed by atoms with Crippen LogP contribution in [-0.4, -0.2) is 19.7 Å². The summed E-state index contributed by atoms with van der Waals surface area (Å²) in [6.07, 6.45) is 4.99. The van der Waals surface area contributed by atoms with Gasteiger partial charge in [-0.1, -0.05) is 24.4 Å². The van der Waals surface area contributed by atoms with Crippen molar-refractivity contribution < 1.29 is 0 Å². The zero-order valence-corrected chi connectivity index (χ0v) is 12.0. The molecule has 0 atom stereocenters. The van der Waals surface area contributed by atoms with Crippen LogP contribution in [0.5, 0.6) is 0 Å². The first kappa shape index (κ1) is 12.6. The van der Waals surface area contributed by atoms with Crippen LogP contribution in [0.1, 0.15) is 48.7 Å². The maximum absolute atomic E-state index is 6.28. The first-order chi connectivity index (χ1) is 9.13. The van der Waals surface area contributed by atoms with E-state index >= 15 is 0 Å².